The normalized spacial score (nSPS) is 24.3. The van der Waals surface area contributed by atoms with Crippen LogP contribution in [0.2, 0.25) is 5.02 Å². The van der Waals surface area contributed by atoms with Crippen molar-refractivity contribution in [2.24, 2.45) is 17.6 Å². The molecule has 9 nitrogen and oxygen atoms in total. The number of aliphatic hydroxyl groups is 2. The molecule has 2 fully saturated rings. The second-order valence-electron chi connectivity index (χ2n) is 11.0. The van der Waals surface area contributed by atoms with Gasteiger partial charge in [0.15, 0.2) is 5.75 Å². The van der Waals surface area contributed by atoms with Crippen LogP contribution in [0.3, 0.4) is 0 Å². The van der Waals surface area contributed by atoms with Crippen LogP contribution < -0.4 is 15.8 Å². The van der Waals surface area contributed by atoms with Crippen LogP contribution in [0.4, 0.5) is 4.79 Å². The van der Waals surface area contributed by atoms with E-state index in [1.54, 1.807) is 17.0 Å². The highest BCUT2D eigenvalue weighted by molar-refractivity contribution is 6.32. The predicted molar refractivity (Wildman–Crippen MR) is 152 cm³/mol. The van der Waals surface area contributed by atoms with E-state index in [1.807, 2.05) is 37.3 Å². The fraction of sp³-hybridized carbons (Fsp3) is 0.533. The van der Waals surface area contributed by atoms with E-state index in [9.17, 15) is 19.8 Å². The number of methoxy groups -OCH3 is 1. The Kier molecular flexibility index (Phi) is 9.94. The van der Waals surface area contributed by atoms with Crippen LogP contribution in [0.25, 0.3) is 0 Å². The fourth-order valence-electron chi connectivity index (χ4n) is 5.99. The molecule has 1 unspecified atom stereocenters. The van der Waals surface area contributed by atoms with E-state index < -0.39 is 23.8 Å². The number of piperidine rings is 1. The molecule has 2 aromatic carbocycles. The van der Waals surface area contributed by atoms with Crippen LogP contribution in [-0.4, -0.2) is 66.0 Å². The van der Waals surface area contributed by atoms with Gasteiger partial charge >= 0.3 is 6.09 Å². The van der Waals surface area contributed by atoms with E-state index in [1.165, 1.54) is 7.11 Å². The third-order valence-corrected chi connectivity index (χ3v) is 8.56. The van der Waals surface area contributed by atoms with Crippen LogP contribution in [0.1, 0.15) is 49.7 Å². The average Bonchev–Trinajstić information content (AvgIpc) is 3.30. The number of nitrogens with one attached hydrogen (secondary N) is 1. The van der Waals surface area contributed by atoms with E-state index >= 15 is 0 Å². The number of halogens is 1. The molecule has 0 bridgehead atoms. The smallest absolute Gasteiger partial charge is 0.406 e. The van der Waals surface area contributed by atoms with Gasteiger partial charge in [-0.05, 0) is 63.1 Å². The molecule has 1 saturated heterocycles. The Morgan fingerprint density at radius 3 is 2.67 bits per heavy atom. The minimum Gasteiger partial charge on any atom is -0.455 e. The van der Waals surface area contributed by atoms with Crippen molar-refractivity contribution in [3.8, 4) is 11.5 Å². The topological polar surface area (TPSA) is 134 Å². The number of benzene rings is 2. The highest BCUT2D eigenvalue weighted by Crippen LogP contribution is 2.47. The van der Waals surface area contributed by atoms with Crippen LogP contribution in [0, 0.1) is 18.8 Å². The van der Waals surface area contributed by atoms with Crippen LogP contribution in [-0.2, 0) is 15.1 Å². The Morgan fingerprint density at radius 1 is 1.20 bits per heavy atom. The summed E-state index contributed by atoms with van der Waals surface area (Å²) >= 11 is 6.68. The van der Waals surface area contributed by atoms with Gasteiger partial charge in [-0.3, -0.25) is 4.79 Å². The molecule has 0 aromatic heterocycles. The van der Waals surface area contributed by atoms with E-state index in [0.29, 0.717) is 73.8 Å². The molecule has 1 aliphatic carbocycles. The first-order valence-corrected chi connectivity index (χ1v) is 14.3. The lowest BCUT2D eigenvalue weighted by atomic mass is 9.73. The number of hydrogen-bond donors (Lipinski definition) is 4. The zero-order valence-corrected chi connectivity index (χ0v) is 23.9. The van der Waals surface area contributed by atoms with Gasteiger partial charge in [-0.2, -0.15) is 0 Å². The Morgan fingerprint density at radius 2 is 1.98 bits per heavy atom. The van der Waals surface area contributed by atoms with Crippen LogP contribution >= 0.6 is 11.6 Å². The minimum absolute atomic E-state index is 0.0334. The van der Waals surface area contributed by atoms with Gasteiger partial charge in [-0.1, -0.05) is 41.9 Å². The molecule has 5 atom stereocenters. The summed E-state index contributed by atoms with van der Waals surface area (Å²) in [4.78, 5) is 26.9. The van der Waals surface area contributed by atoms with Gasteiger partial charge in [0, 0.05) is 43.1 Å². The third kappa shape index (κ3) is 6.71. The third-order valence-electron chi connectivity index (χ3n) is 8.26. The number of para-hydroxylation sites is 2. The molecule has 4 rings (SSSR count). The predicted octanol–water partition coefficient (Wildman–Crippen LogP) is 4.10. The maximum atomic E-state index is 13.4. The van der Waals surface area contributed by atoms with E-state index in [2.05, 4.69) is 10.1 Å². The van der Waals surface area contributed by atoms with Gasteiger partial charge in [0.1, 0.15) is 5.75 Å². The lowest BCUT2D eigenvalue weighted by Crippen LogP contribution is -2.49. The molecule has 1 aliphatic heterocycles. The summed E-state index contributed by atoms with van der Waals surface area (Å²) in [6.45, 7) is 3.17. The lowest BCUT2D eigenvalue weighted by Gasteiger charge is -2.44. The monoisotopic (exact) mass is 573 g/mol. The number of rotatable bonds is 9. The zero-order valence-electron chi connectivity index (χ0n) is 23.1. The number of aliphatic hydroxyl groups excluding tert-OH is 1. The summed E-state index contributed by atoms with van der Waals surface area (Å²) < 4.78 is 11.0. The molecule has 2 aliphatic rings. The molecule has 2 amide bonds. The molecule has 0 spiro atoms. The quantitative estimate of drug-likeness (QED) is 0.332. The second kappa shape index (κ2) is 13.2. The summed E-state index contributed by atoms with van der Waals surface area (Å²) in [6.07, 6.45) is 1.74. The molecule has 2 aromatic rings. The number of ether oxygens (including phenoxy) is 2. The number of carbonyl (C=O) groups is 2. The number of aryl methyl sites for hydroxylation is 1. The molecule has 40 heavy (non-hydrogen) atoms. The highest BCUT2D eigenvalue weighted by atomic mass is 35.5. The maximum Gasteiger partial charge on any atom is 0.406 e. The summed E-state index contributed by atoms with van der Waals surface area (Å²) in [5, 5.41) is 25.7. The van der Waals surface area contributed by atoms with Crippen molar-refractivity contribution in [2.75, 3.05) is 26.7 Å². The Labute approximate surface area is 240 Å². The SMILES string of the molecule is COC(=O)NCCCC(O)(c1cccc(Cl)c1Oc1ccccc1C)[C@@H]1CCCN(C(=O)[C@H]2C[C@@H](N)[C@@H](O)C2)C1. The van der Waals surface area contributed by atoms with Gasteiger partial charge in [0.25, 0.3) is 0 Å². The van der Waals surface area contributed by atoms with E-state index in [-0.39, 0.29) is 17.7 Å². The fourth-order valence-corrected chi connectivity index (χ4v) is 6.20. The number of hydrogen-bond acceptors (Lipinski definition) is 7. The zero-order chi connectivity index (χ0) is 28.9. The number of carbonyl (C=O) groups excluding carboxylic acids is 2. The molecule has 10 heteroatoms. The summed E-state index contributed by atoms with van der Waals surface area (Å²) in [7, 11) is 1.30. The van der Waals surface area contributed by atoms with Crippen molar-refractivity contribution in [3.05, 3.63) is 58.6 Å². The van der Waals surface area contributed by atoms with Crippen molar-refractivity contribution in [2.45, 2.75) is 63.2 Å². The molecular weight excluding hydrogens is 534 g/mol. The largest absolute Gasteiger partial charge is 0.455 e. The van der Waals surface area contributed by atoms with Gasteiger partial charge in [0.05, 0.1) is 23.8 Å². The van der Waals surface area contributed by atoms with Gasteiger partial charge < -0.3 is 35.6 Å². The standard InChI is InChI=1S/C30H40ClN3O6/c1-19-8-3-4-12-26(19)40-27-22(10-5-11-23(27)31)30(38,13-7-14-33-29(37)39-2)21-9-6-15-34(18-21)28(36)20-16-24(32)25(35)17-20/h3-5,8,10-12,20-21,24-25,35,38H,6-7,9,13-18,32H2,1-2H3,(H,33,37)/t20-,21+,24+,25-,30?/m0/s1. The first-order chi connectivity index (χ1) is 19.1. The number of nitrogens with zero attached hydrogens (tertiary/aromatic N) is 1. The molecular formula is C30H40ClN3O6. The van der Waals surface area contributed by atoms with Crippen molar-refractivity contribution < 1.29 is 29.3 Å². The number of amides is 2. The van der Waals surface area contributed by atoms with Gasteiger partial charge in [0.2, 0.25) is 5.91 Å². The Hall–Kier alpha value is -2.85. The van der Waals surface area contributed by atoms with Crippen molar-refractivity contribution >= 4 is 23.6 Å². The number of likely N-dealkylation sites (tertiary alicyclic amines) is 1. The average molecular weight is 574 g/mol. The first kappa shape index (κ1) is 30.1. The lowest BCUT2D eigenvalue weighted by molar-refractivity contribution is -0.141. The van der Waals surface area contributed by atoms with E-state index in [4.69, 9.17) is 22.1 Å². The summed E-state index contributed by atoms with van der Waals surface area (Å²) in [5.74, 6) is 0.320. The molecule has 1 saturated carbocycles. The van der Waals surface area contributed by atoms with Crippen molar-refractivity contribution in [1.29, 1.82) is 0 Å². The summed E-state index contributed by atoms with van der Waals surface area (Å²) in [6, 6.07) is 12.5. The van der Waals surface area contributed by atoms with Gasteiger partial charge in [-0.25, -0.2) is 4.79 Å². The molecule has 0 radical (unpaired) electrons. The van der Waals surface area contributed by atoms with Gasteiger partial charge in [-0.15, -0.1) is 0 Å². The highest BCUT2D eigenvalue weighted by Gasteiger charge is 2.45. The van der Waals surface area contributed by atoms with Crippen LogP contribution in [0.5, 0.6) is 11.5 Å². The number of alkyl carbamates (subject to hydrolysis) is 1. The Bertz CT molecular complexity index is 1190. The number of nitrogens with two attached hydrogens (primary N) is 1. The van der Waals surface area contributed by atoms with E-state index in [0.717, 1.165) is 12.0 Å². The first-order valence-electron chi connectivity index (χ1n) is 13.9. The Balaban J connectivity index is 1.64. The van der Waals surface area contributed by atoms with Crippen LogP contribution in [0.15, 0.2) is 42.5 Å². The minimum atomic E-state index is -1.41. The molecule has 218 valence electrons. The summed E-state index contributed by atoms with van der Waals surface area (Å²) in [5.41, 5.74) is 6.04. The second-order valence-corrected chi connectivity index (χ2v) is 11.4. The maximum absolute atomic E-state index is 13.4. The van der Waals surface area contributed by atoms with Crippen molar-refractivity contribution in [3.63, 3.8) is 0 Å². The van der Waals surface area contributed by atoms with Crippen molar-refractivity contribution in [1.82, 2.24) is 10.2 Å². The molecule has 1 heterocycles. The molecule has 5 N–H and O–H groups in total.